The topological polar surface area (TPSA) is 53.7 Å². The Bertz CT molecular complexity index is 626. The van der Waals surface area contributed by atoms with Crippen LogP contribution < -0.4 is 5.63 Å². The molecule has 0 atom stereocenters. The van der Waals surface area contributed by atoms with Gasteiger partial charge in [-0.3, -0.25) is 4.90 Å². The van der Waals surface area contributed by atoms with Gasteiger partial charge >= 0.3 is 5.63 Å². The first-order valence-electron chi connectivity index (χ1n) is 6.21. The van der Waals surface area contributed by atoms with Crippen LogP contribution in [0.2, 0.25) is 0 Å². The number of likely N-dealkylation sites (tertiary alicyclic amines) is 1. The highest BCUT2D eigenvalue weighted by atomic mass is 16.4. The Kier molecular flexibility index (Phi) is 2.80. The Morgan fingerprint density at radius 3 is 2.67 bits per heavy atom. The van der Waals surface area contributed by atoms with Crippen molar-refractivity contribution in [2.24, 2.45) is 0 Å². The molecule has 4 heteroatoms. The third-order valence-electron chi connectivity index (χ3n) is 3.45. The van der Waals surface area contributed by atoms with Crippen molar-refractivity contribution in [3.63, 3.8) is 0 Å². The summed E-state index contributed by atoms with van der Waals surface area (Å²) in [6, 6.07) is 6.56. The van der Waals surface area contributed by atoms with Gasteiger partial charge < -0.3 is 9.52 Å². The van der Waals surface area contributed by atoms with Gasteiger partial charge in [0, 0.05) is 18.0 Å². The van der Waals surface area contributed by atoms with Crippen LogP contribution in [0.5, 0.6) is 5.75 Å². The second kappa shape index (κ2) is 4.46. The summed E-state index contributed by atoms with van der Waals surface area (Å²) < 4.78 is 5.24. The van der Waals surface area contributed by atoms with Gasteiger partial charge in [0.2, 0.25) is 0 Å². The lowest BCUT2D eigenvalue weighted by molar-refractivity contribution is 0.323. The summed E-state index contributed by atoms with van der Waals surface area (Å²) >= 11 is 0. The lowest BCUT2D eigenvalue weighted by Gasteiger charge is -2.16. The van der Waals surface area contributed by atoms with Gasteiger partial charge in [0.25, 0.3) is 0 Å². The standard InChI is InChI=1S/C14H15NO3/c16-12-5-3-10-4-6-13(17)18-14(10)11(12)9-15-7-1-2-8-15/h3-6,16H,1-2,7-9H2. The van der Waals surface area contributed by atoms with E-state index >= 15 is 0 Å². The minimum atomic E-state index is -0.379. The van der Waals surface area contributed by atoms with Crippen LogP contribution in [0.4, 0.5) is 0 Å². The Balaban J connectivity index is 2.09. The van der Waals surface area contributed by atoms with Crippen LogP contribution in [0, 0.1) is 0 Å². The van der Waals surface area contributed by atoms with Crippen LogP contribution in [0.15, 0.2) is 33.5 Å². The molecule has 1 fully saturated rings. The normalized spacial score (nSPS) is 16.4. The first kappa shape index (κ1) is 11.3. The minimum Gasteiger partial charge on any atom is -0.507 e. The number of phenolic OH excluding ortho intramolecular Hbond substituents is 1. The van der Waals surface area contributed by atoms with Gasteiger partial charge in [-0.2, -0.15) is 0 Å². The molecule has 0 spiro atoms. The zero-order chi connectivity index (χ0) is 12.5. The van der Waals surface area contributed by atoms with Gasteiger partial charge in [0.1, 0.15) is 11.3 Å². The fraction of sp³-hybridized carbons (Fsp3) is 0.357. The zero-order valence-corrected chi connectivity index (χ0v) is 10.1. The lowest BCUT2D eigenvalue weighted by atomic mass is 10.1. The van der Waals surface area contributed by atoms with E-state index in [2.05, 4.69) is 4.90 Å². The van der Waals surface area contributed by atoms with Crippen molar-refractivity contribution in [3.8, 4) is 5.75 Å². The van der Waals surface area contributed by atoms with Crippen LogP contribution in [0.25, 0.3) is 11.0 Å². The monoisotopic (exact) mass is 245 g/mol. The Morgan fingerprint density at radius 2 is 1.89 bits per heavy atom. The van der Waals surface area contributed by atoms with Crippen molar-refractivity contribution >= 4 is 11.0 Å². The van der Waals surface area contributed by atoms with Crippen LogP contribution >= 0.6 is 0 Å². The van der Waals surface area contributed by atoms with Crippen molar-refractivity contribution in [2.75, 3.05) is 13.1 Å². The quantitative estimate of drug-likeness (QED) is 0.823. The van der Waals surface area contributed by atoms with E-state index < -0.39 is 0 Å². The average Bonchev–Trinajstić information content (AvgIpc) is 2.86. The summed E-state index contributed by atoms with van der Waals surface area (Å²) in [5, 5.41) is 10.8. The molecular formula is C14H15NO3. The molecule has 0 bridgehead atoms. The van der Waals surface area contributed by atoms with E-state index in [1.54, 1.807) is 18.2 Å². The van der Waals surface area contributed by atoms with Crippen LogP contribution in [-0.2, 0) is 6.54 Å². The lowest BCUT2D eigenvalue weighted by Crippen LogP contribution is -2.18. The molecule has 1 aromatic carbocycles. The van der Waals surface area contributed by atoms with Gasteiger partial charge in [-0.25, -0.2) is 4.79 Å². The van der Waals surface area contributed by atoms with Crippen molar-refractivity contribution in [2.45, 2.75) is 19.4 Å². The van der Waals surface area contributed by atoms with E-state index in [4.69, 9.17) is 4.42 Å². The van der Waals surface area contributed by atoms with Crippen LogP contribution in [-0.4, -0.2) is 23.1 Å². The maximum Gasteiger partial charge on any atom is 0.336 e. The highest BCUT2D eigenvalue weighted by Crippen LogP contribution is 2.28. The molecule has 0 amide bonds. The molecule has 1 aliphatic rings. The Morgan fingerprint density at radius 1 is 1.17 bits per heavy atom. The fourth-order valence-corrected chi connectivity index (χ4v) is 2.50. The molecule has 0 saturated carbocycles. The number of hydrogen-bond donors (Lipinski definition) is 1. The minimum absolute atomic E-state index is 0.198. The number of aromatic hydroxyl groups is 1. The van der Waals surface area contributed by atoms with E-state index in [0.717, 1.165) is 18.5 Å². The second-order valence-corrected chi connectivity index (χ2v) is 4.72. The average molecular weight is 245 g/mol. The maximum atomic E-state index is 11.3. The van der Waals surface area contributed by atoms with Crippen LogP contribution in [0.1, 0.15) is 18.4 Å². The molecule has 1 aliphatic heterocycles. The first-order chi connectivity index (χ1) is 8.74. The molecule has 2 aromatic rings. The molecule has 0 aliphatic carbocycles. The summed E-state index contributed by atoms with van der Waals surface area (Å²) in [6.07, 6.45) is 2.38. The number of rotatable bonds is 2. The number of benzene rings is 1. The molecule has 3 rings (SSSR count). The van der Waals surface area contributed by atoms with Crippen molar-refractivity contribution in [1.82, 2.24) is 4.90 Å². The Hall–Kier alpha value is -1.81. The highest BCUT2D eigenvalue weighted by Gasteiger charge is 2.17. The molecule has 0 unspecified atom stereocenters. The predicted octanol–water partition coefficient (Wildman–Crippen LogP) is 2.09. The molecule has 4 nitrogen and oxygen atoms in total. The summed E-state index contributed by atoms with van der Waals surface area (Å²) in [6.45, 7) is 2.70. The molecule has 0 radical (unpaired) electrons. The predicted molar refractivity (Wildman–Crippen MR) is 68.7 cm³/mol. The van der Waals surface area contributed by atoms with Crippen molar-refractivity contribution in [1.29, 1.82) is 0 Å². The maximum absolute atomic E-state index is 11.3. The van der Waals surface area contributed by atoms with E-state index in [0.29, 0.717) is 17.7 Å². The van der Waals surface area contributed by atoms with Gasteiger partial charge in [-0.15, -0.1) is 0 Å². The number of nitrogens with zero attached hydrogens (tertiary/aromatic N) is 1. The molecule has 2 heterocycles. The molecule has 1 saturated heterocycles. The smallest absolute Gasteiger partial charge is 0.336 e. The van der Waals surface area contributed by atoms with E-state index in [9.17, 15) is 9.90 Å². The first-order valence-corrected chi connectivity index (χ1v) is 6.21. The molecule has 18 heavy (non-hydrogen) atoms. The SMILES string of the molecule is O=c1ccc2ccc(O)c(CN3CCCC3)c2o1. The third-order valence-corrected chi connectivity index (χ3v) is 3.45. The zero-order valence-electron chi connectivity index (χ0n) is 10.1. The summed E-state index contributed by atoms with van der Waals surface area (Å²) in [5.41, 5.74) is 0.845. The van der Waals surface area contributed by atoms with Gasteiger partial charge in [0.05, 0.1) is 5.56 Å². The summed E-state index contributed by atoms with van der Waals surface area (Å²) in [7, 11) is 0. The number of phenols is 1. The number of hydrogen-bond acceptors (Lipinski definition) is 4. The Labute approximate surface area is 104 Å². The molecule has 1 N–H and O–H groups in total. The largest absolute Gasteiger partial charge is 0.507 e. The van der Waals surface area contributed by atoms with Crippen LogP contribution in [0.3, 0.4) is 0 Å². The molecule has 1 aromatic heterocycles. The molecule has 94 valence electrons. The van der Waals surface area contributed by atoms with Gasteiger partial charge in [0.15, 0.2) is 0 Å². The summed E-state index contributed by atoms with van der Waals surface area (Å²) in [5.74, 6) is 0.198. The van der Waals surface area contributed by atoms with E-state index in [1.807, 2.05) is 0 Å². The molecular weight excluding hydrogens is 230 g/mol. The van der Waals surface area contributed by atoms with E-state index in [-0.39, 0.29) is 11.4 Å². The fourth-order valence-electron chi connectivity index (χ4n) is 2.50. The van der Waals surface area contributed by atoms with Crippen molar-refractivity contribution in [3.05, 3.63) is 40.2 Å². The van der Waals surface area contributed by atoms with Gasteiger partial charge in [-0.05, 0) is 44.1 Å². The van der Waals surface area contributed by atoms with Gasteiger partial charge in [-0.1, -0.05) is 0 Å². The third kappa shape index (κ3) is 1.99. The second-order valence-electron chi connectivity index (χ2n) is 4.72. The number of fused-ring (bicyclic) bond motifs is 1. The van der Waals surface area contributed by atoms with E-state index in [1.165, 1.54) is 18.9 Å². The summed E-state index contributed by atoms with van der Waals surface area (Å²) in [4.78, 5) is 13.6. The highest BCUT2D eigenvalue weighted by molar-refractivity contribution is 5.81. The van der Waals surface area contributed by atoms with Crippen molar-refractivity contribution < 1.29 is 9.52 Å².